The summed E-state index contributed by atoms with van der Waals surface area (Å²) in [6, 6.07) is 8.68. The van der Waals surface area contributed by atoms with Gasteiger partial charge in [0.2, 0.25) is 10.0 Å². The van der Waals surface area contributed by atoms with Crippen LogP contribution in [0.1, 0.15) is 22.7 Å². The topological polar surface area (TPSA) is 63.7 Å². The number of hydrogen-bond donors (Lipinski definition) is 0. The number of cyclic esters (lactones) is 1. The maximum atomic E-state index is 13.4. The van der Waals surface area contributed by atoms with E-state index in [0.29, 0.717) is 0 Å². The van der Waals surface area contributed by atoms with Crippen molar-refractivity contribution in [3.05, 3.63) is 89.7 Å². The zero-order valence-electron chi connectivity index (χ0n) is 15.9. The van der Waals surface area contributed by atoms with Gasteiger partial charge in [-0.3, -0.25) is 0 Å². The lowest BCUT2D eigenvalue weighted by Gasteiger charge is -2.29. The number of hydrogen-bond acceptors (Lipinski definition) is 4. The van der Waals surface area contributed by atoms with Crippen molar-refractivity contribution in [1.29, 1.82) is 0 Å². The van der Waals surface area contributed by atoms with Crippen LogP contribution in [0, 0.1) is 6.92 Å². The second kappa shape index (κ2) is 7.73. The molecule has 0 spiro atoms. The fourth-order valence-electron chi connectivity index (χ4n) is 3.07. The predicted molar refractivity (Wildman–Crippen MR) is 104 cm³/mol. The smallest absolute Gasteiger partial charge is 0.416 e. The van der Waals surface area contributed by atoms with Crippen molar-refractivity contribution in [2.24, 2.45) is 0 Å². The first-order valence-electron chi connectivity index (χ1n) is 8.75. The minimum atomic E-state index is -4.56. The molecule has 0 radical (unpaired) electrons. The van der Waals surface area contributed by atoms with Crippen molar-refractivity contribution in [2.75, 3.05) is 6.54 Å². The van der Waals surface area contributed by atoms with Crippen LogP contribution in [0.5, 0.6) is 0 Å². The molecule has 1 aliphatic heterocycles. The molecule has 0 N–H and O–H groups in total. The van der Waals surface area contributed by atoms with Crippen LogP contribution >= 0.6 is 0 Å². The molecular weight excluding hydrogens is 419 g/mol. The third-order valence-electron chi connectivity index (χ3n) is 4.63. The minimum absolute atomic E-state index is 0.0417. The Morgan fingerprint density at radius 2 is 1.60 bits per heavy atom. The van der Waals surface area contributed by atoms with Gasteiger partial charge in [0.15, 0.2) is 0 Å². The number of rotatable bonds is 3. The van der Waals surface area contributed by atoms with Gasteiger partial charge in [-0.25, -0.2) is 13.2 Å². The van der Waals surface area contributed by atoms with Crippen LogP contribution in [0.15, 0.2) is 77.9 Å². The Morgan fingerprint density at radius 3 is 2.13 bits per heavy atom. The predicted octanol–water partition coefficient (Wildman–Crippen LogP) is 4.37. The van der Waals surface area contributed by atoms with Crippen LogP contribution in [0.25, 0.3) is 0 Å². The molecule has 1 fully saturated rings. The van der Waals surface area contributed by atoms with Gasteiger partial charge >= 0.3 is 12.1 Å². The van der Waals surface area contributed by atoms with Crippen LogP contribution in [0.4, 0.5) is 13.2 Å². The van der Waals surface area contributed by atoms with Gasteiger partial charge in [0.05, 0.1) is 28.6 Å². The fourth-order valence-corrected chi connectivity index (χ4v) is 4.66. The van der Waals surface area contributed by atoms with Gasteiger partial charge in [0, 0.05) is 0 Å². The lowest BCUT2D eigenvalue weighted by atomic mass is 9.98. The zero-order chi connectivity index (χ0) is 22.3. The van der Waals surface area contributed by atoms with E-state index in [0.717, 1.165) is 34.1 Å². The van der Waals surface area contributed by atoms with Crippen LogP contribution in [0.2, 0.25) is 0 Å². The first-order chi connectivity index (χ1) is 13.9. The number of sulfonamides is 1. The lowest BCUT2D eigenvalue weighted by molar-refractivity contribution is -0.137. The van der Waals surface area contributed by atoms with E-state index in [1.807, 2.05) is 0 Å². The maximum Gasteiger partial charge on any atom is 0.416 e. The van der Waals surface area contributed by atoms with Crippen molar-refractivity contribution in [3.8, 4) is 0 Å². The number of carbonyl (C=O) groups excluding carboxylic acids is 1. The Morgan fingerprint density at radius 1 is 1.03 bits per heavy atom. The summed E-state index contributed by atoms with van der Waals surface area (Å²) in [6.45, 7) is 8.64. The highest BCUT2D eigenvalue weighted by Gasteiger charge is 2.40. The molecule has 1 aliphatic rings. The van der Waals surface area contributed by atoms with Gasteiger partial charge in [0.1, 0.15) is 5.76 Å². The van der Waals surface area contributed by atoms with Crippen LogP contribution in [-0.2, 0) is 25.7 Å². The molecule has 1 atom stereocenters. The third-order valence-corrected chi connectivity index (χ3v) is 6.46. The molecule has 0 amide bonds. The second-order valence-corrected chi connectivity index (χ2v) is 8.73. The molecule has 1 saturated heterocycles. The Hall–Kier alpha value is -2.91. The Balaban J connectivity index is 2.14. The monoisotopic (exact) mass is 437 g/mol. The molecule has 9 heteroatoms. The van der Waals surface area contributed by atoms with Crippen LogP contribution < -0.4 is 0 Å². The highest BCUT2D eigenvalue weighted by atomic mass is 32.2. The third kappa shape index (κ3) is 4.17. The normalized spacial score (nSPS) is 18.8. The maximum absolute atomic E-state index is 13.4. The molecule has 0 saturated carbocycles. The van der Waals surface area contributed by atoms with Crippen LogP contribution in [0.3, 0.4) is 0 Å². The number of carbonyl (C=O) groups is 1. The lowest BCUT2D eigenvalue weighted by Crippen LogP contribution is -2.36. The molecule has 0 bridgehead atoms. The quantitative estimate of drug-likeness (QED) is 0.528. The number of esters is 1. The summed E-state index contributed by atoms with van der Waals surface area (Å²) in [5.41, 5.74) is -0.138. The molecule has 0 unspecified atom stereocenters. The summed E-state index contributed by atoms with van der Waals surface area (Å²) in [4.78, 5) is 12.3. The zero-order valence-corrected chi connectivity index (χ0v) is 16.8. The SMILES string of the molecule is C=C1CN(S(=O)(=O)c2ccc(C)cc2)[C@@H](c2ccc(C(F)(F)F)cc2)C(=C)C(=O)O1. The Labute approximate surface area is 172 Å². The first kappa shape index (κ1) is 21.8. The average molecular weight is 437 g/mol. The van der Waals surface area contributed by atoms with Crippen molar-refractivity contribution in [1.82, 2.24) is 4.31 Å². The number of ether oxygens (including phenoxy) is 1. The molecule has 2 aromatic carbocycles. The standard InChI is InChI=1S/C21H18F3NO4S/c1-13-4-10-18(11-5-13)30(27,28)25-12-14(2)29-20(26)15(3)19(25)16-6-8-17(9-7-16)21(22,23)24/h4-11,19H,2-3,12H2,1H3/t19-/m1/s1. The van der Waals surface area contributed by atoms with E-state index >= 15 is 0 Å². The van der Waals surface area contributed by atoms with Gasteiger partial charge in [-0.1, -0.05) is 43.0 Å². The summed E-state index contributed by atoms with van der Waals surface area (Å²) in [5.74, 6) is -1.02. The molecule has 2 aromatic rings. The van der Waals surface area contributed by atoms with Gasteiger partial charge in [-0.2, -0.15) is 17.5 Å². The molecule has 158 valence electrons. The Bertz CT molecular complexity index is 1100. The molecule has 30 heavy (non-hydrogen) atoms. The number of halogens is 3. The average Bonchev–Trinajstić information content (AvgIpc) is 2.78. The minimum Gasteiger partial charge on any atom is -0.427 e. The molecule has 5 nitrogen and oxygen atoms in total. The largest absolute Gasteiger partial charge is 0.427 e. The van der Waals surface area contributed by atoms with Gasteiger partial charge < -0.3 is 4.74 Å². The first-order valence-corrected chi connectivity index (χ1v) is 10.2. The number of benzene rings is 2. The van der Waals surface area contributed by atoms with E-state index in [2.05, 4.69) is 13.2 Å². The molecule has 0 aromatic heterocycles. The van der Waals surface area contributed by atoms with Gasteiger partial charge in [-0.05, 0) is 36.8 Å². The van der Waals surface area contributed by atoms with Gasteiger partial charge in [0.25, 0.3) is 0 Å². The fraction of sp³-hybridized carbons (Fsp3) is 0.190. The van der Waals surface area contributed by atoms with Crippen molar-refractivity contribution in [2.45, 2.75) is 24.0 Å². The molecule has 0 aliphatic carbocycles. The van der Waals surface area contributed by atoms with Crippen molar-refractivity contribution in [3.63, 3.8) is 0 Å². The Kier molecular flexibility index (Phi) is 5.62. The van der Waals surface area contributed by atoms with Crippen molar-refractivity contribution < 1.29 is 31.1 Å². The van der Waals surface area contributed by atoms with E-state index in [1.54, 1.807) is 19.1 Å². The molecule has 1 heterocycles. The highest BCUT2D eigenvalue weighted by molar-refractivity contribution is 7.89. The summed E-state index contributed by atoms with van der Waals surface area (Å²) in [5, 5.41) is 0. The van der Waals surface area contributed by atoms with Gasteiger partial charge in [-0.15, -0.1) is 0 Å². The second-order valence-electron chi connectivity index (χ2n) is 6.84. The van der Waals surface area contributed by atoms with E-state index in [4.69, 9.17) is 4.74 Å². The summed E-state index contributed by atoms with van der Waals surface area (Å²) in [6.07, 6.45) is -4.56. The summed E-state index contributed by atoms with van der Waals surface area (Å²) >= 11 is 0. The van der Waals surface area contributed by atoms with E-state index in [1.165, 1.54) is 12.1 Å². The van der Waals surface area contributed by atoms with Crippen LogP contribution in [-0.4, -0.2) is 25.2 Å². The summed E-state index contributed by atoms with van der Waals surface area (Å²) < 4.78 is 71.5. The number of nitrogens with zero attached hydrogens (tertiary/aromatic N) is 1. The number of alkyl halides is 3. The van der Waals surface area contributed by atoms with Crippen molar-refractivity contribution >= 4 is 16.0 Å². The highest BCUT2D eigenvalue weighted by Crippen LogP contribution is 2.38. The number of aryl methyl sites for hydroxylation is 1. The van der Waals surface area contributed by atoms with E-state index < -0.39 is 33.8 Å². The molecular formula is C21H18F3NO4S. The van der Waals surface area contributed by atoms with E-state index in [-0.39, 0.29) is 28.3 Å². The van der Waals surface area contributed by atoms with E-state index in [9.17, 15) is 26.4 Å². The molecule has 3 rings (SSSR count). The summed E-state index contributed by atoms with van der Waals surface area (Å²) in [7, 11) is -4.17.